The number of hydrogen-bond donors (Lipinski definition) is 2. The number of hydrogen-bond acceptors (Lipinski definition) is 3. The molecule has 1 aromatic rings. The van der Waals surface area contributed by atoms with Crippen LogP contribution in [0.2, 0.25) is 0 Å². The SMILES string of the molecule is CC(C)CN(Cc1cccnc1C(=N)N)C1CCCC1. The topological polar surface area (TPSA) is 66.0 Å². The molecule has 110 valence electrons. The van der Waals surface area contributed by atoms with Gasteiger partial charge in [-0.25, -0.2) is 0 Å². The average molecular weight is 274 g/mol. The van der Waals surface area contributed by atoms with Gasteiger partial charge in [0.2, 0.25) is 0 Å². The number of pyridine rings is 1. The lowest BCUT2D eigenvalue weighted by molar-refractivity contribution is 0.168. The van der Waals surface area contributed by atoms with Gasteiger partial charge in [0.1, 0.15) is 11.5 Å². The third kappa shape index (κ3) is 3.79. The van der Waals surface area contributed by atoms with Gasteiger partial charge < -0.3 is 5.73 Å². The number of nitrogens with one attached hydrogen (secondary N) is 1. The fourth-order valence-corrected chi connectivity index (χ4v) is 3.11. The molecule has 0 aromatic carbocycles. The summed E-state index contributed by atoms with van der Waals surface area (Å²) in [5.41, 5.74) is 7.36. The molecule has 2 rings (SSSR count). The van der Waals surface area contributed by atoms with E-state index < -0.39 is 0 Å². The van der Waals surface area contributed by atoms with Crippen molar-refractivity contribution in [2.45, 2.75) is 52.1 Å². The smallest absolute Gasteiger partial charge is 0.142 e. The van der Waals surface area contributed by atoms with Crippen LogP contribution < -0.4 is 5.73 Å². The lowest BCUT2D eigenvalue weighted by Gasteiger charge is -2.30. The predicted molar refractivity (Wildman–Crippen MR) is 82.8 cm³/mol. The van der Waals surface area contributed by atoms with Crippen molar-refractivity contribution >= 4 is 5.84 Å². The molecule has 1 aliphatic rings. The molecular weight excluding hydrogens is 248 g/mol. The molecule has 4 nitrogen and oxygen atoms in total. The standard InChI is InChI=1S/C16H26N4/c1-12(2)10-20(14-7-3-4-8-14)11-13-6-5-9-19-15(13)16(17)18/h5-6,9,12,14H,3-4,7-8,10-11H2,1-2H3,(H3,17,18). The second kappa shape index (κ2) is 6.84. The summed E-state index contributed by atoms with van der Waals surface area (Å²) in [6.45, 7) is 6.47. The van der Waals surface area contributed by atoms with E-state index in [1.165, 1.54) is 25.7 Å². The molecule has 0 unspecified atom stereocenters. The van der Waals surface area contributed by atoms with Gasteiger partial charge in [-0.3, -0.25) is 15.3 Å². The zero-order valence-corrected chi connectivity index (χ0v) is 12.6. The van der Waals surface area contributed by atoms with Crippen molar-refractivity contribution in [2.24, 2.45) is 11.7 Å². The molecule has 4 heteroatoms. The first-order valence-electron chi connectivity index (χ1n) is 7.60. The Bertz CT molecular complexity index is 450. The van der Waals surface area contributed by atoms with E-state index in [9.17, 15) is 0 Å². The second-order valence-corrected chi connectivity index (χ2v) is 6.19. The van der Waals surface area contributed by atoms with Gasteiger partial charge >= 0.3 is 0 Å². The number of nitrogen functional groups attached to an aromatic ring is 1. The summed E-state index contributed by atoms with van der Waals surface area (Å²) in [4.78, 5) is 6.82. The molecule has 0 spiro atoms. The Kier molecular flexibility index (Phi) is 5.12. The Morgan fingerprint density at radius 1 is 1.45 bits per heavy atom. The van der Waals surface area contributed by atoms with Crippen LogP contribution in [-0.2, 0) is 6.54 Å². The quantitative estimate of drug-likeness (QED) is 0.619. The van der Waals surface area contributed by atoms with Gasteiger partial charge in [0.25, 0.3) is 0 Å². The molecule has 1 fully saturated rings. The minimum absolute atomic E-state index is 0.0662. The lowest BCUT2D eigenvalue weighted by atomic mass is 10.1. The van der Waals surface area contributed by atoms with E-state index in [1.807, 2.05) is 12.1 Å². The van der Waals surface area contributed by atoms with Crippen molar-refractivity contribution in [1.82, 2.24) is 9.88 Å². The van der Waals surface area contributed by atoms with Crippen LogP contribution >= 0.6 is 0 Å². The van der Waals surface area contributed by atoms with Crippen molar-refractivity contribution in [3.05, 3.63) is 29.6 Å². The summed E-state index contributed by atoms with van der Waals surface area (Å²) in [6.07, 6.45) is 6.98. The maximum Gasteiger partial charge on any atom is 0.142 e. The zero-order chi connectivity index (χ0) is 14.5. The third-order valence-electron chi connectivity index (χ3n) is 3.96. The summed E-state index contributed by atoms with van der Waals surface area (Å²) >= 11 is 0. The van der Waals surface area contributed by atoms with Gasteiger partial charge in [-0.15, -0.1) is 0 Å². The highest BCUT2D eigenvalue weighted by Crippen LogP contribution is 2.26. The number of nitrogens with zero attached hydrogens (tertiary/aromatic N) is 2. The fourth-order valence-electron chi connectivity index (χ4n) is 3.11. The molecule has 0 saturated heterocycles. The average Bonchev–Trinajstić information content (AvgIpc) is 2.91. The third-order valence-corrected chi connectivity index (χ3v) is 3.96. The number of amidine groups is 1. The van der Waals surface area contributed by atoms with Crippen LogP contribution in [0.4, 0.5) is 0 Å². The van der Waals surface area contributed by atoms with Crippen molar-refractivity contribution in [1.29, 1.82) is 5.41 Å². The molecule has 0 aliphatic heterocycles. The molecule has 1 aliphatic carbocycles. The van der Waals surface area contributed by atoms with Crippen LogP contribution in [0.5, 0.6) is 0 Å². The molecule has 1 saturated carbocycles. The Morgan fingerprint density at radius 2 is 2.15 bits per heavy atom. The number of nitrogens with two attached hydrogens (primary N) is 1. The minimum Gasteiger partial charge on any atom is -0.382 e. The molecule has 1 heterocycles. The lowest BCUT2D eigenvalue weighted by Crippen LogP contribution is -2.36. The van der Waals surface area contributed by atoms with Gasteiger partial charge in [0, 0.05) is 25.3 Å². The monoisotopic (exact) mass is 274 g/mol. The van der Waals surface area contributed by atoms with E-state index in [2.05, 4.69) is 23.7 Å². The highest BCUT2D eigenvalue weighted by Gasteiger charge is 2.24. The van der Waals surface area contributed by atoms with Crippen LogP contribution in [0.1, 0.15) is 50.8 Å². The Balaban J connectivity index is 2.16. The Labute approximate surface area is 121 Å². The summed E-state index contributed by atoms with van der Waals surface area (Å²) in [7, 11) is 0. The Morgan fingerprint density at radius 3 is 2.75 bits per heavy atom. The van der Waals surface area contributed by atoms with Gasteiger partial charge in [0.15, 0.2) is 0 Å². The molecule has 20 heavy (non-hydrogen) atoms. The highest BCUT2D eigenvalue weighted by atomic mass is 15.2. The summed E-state index contributed by atoms with van der Waals surface area (Å²) in [5.74, 6) is 0.713. The van der Waals surface area contributed by atoms with Gasteiger partial charge in [-0.05, 0) is 30.4 Å². The molecule has 1 aromatic heterocycles. The maximum atomic E-state index is 7.67. The van der Waals surface area contributed by atoms with Crippen LogP contribution in [0.25, 0.3) is 0 Å². The van der Waals surface area contributed by atoms with Gasteiger partial charge in [-0.2, -0.15) is 0 Å². The van der Waals surface area contributed by atoms with Crippen molar-refractivity contribution in [3.63, 3.8) is 0 Å². The molecule has 0 atom stereocenters. The molecular formula is C16H26N4. The van der Waals surface area contributed by atoms with Crippen LogP contribution in [0.3, 0.4) is 0 Å². The first-order valence-corrected chi connectivity index (χ1v) is 7.60. The van der Waals surface area contributed by atoms with Gasteiger partial charge in [0.05, 0.1) is 0 Å². The first kappa shape index (κ1) is 15.0. The Hall–Kier alpha value is -1.42. The highest BCUT2D eigenvalue weighted by molar-refractivity contribution is 5.94. The fraction of sp³-hybridized carbons (Fsp3) is 0.625. The molecule has 0 bridgehead atoms. The normalized spacial score (nSPS) is 16.2. The first-order chi connectivity index (χ1) is 9.58. The van der Waals surface area contributed by atoms with Crippen LogP contribution in [0, 0.1) is 11.3 Å². The number of rotatable bonds is 6. The van der Waals surface area contributed by atoms with Crippen LogP contribution in [0.15, 0.2) is 18.3 Å². The van der Waals surface area contributed by atoms with Crippen molar-refractivity contribution in [2.75, 3.05) is 6.54 Å². The zero-order valence-electron chi connectivity index (χ0n) is 12.6. The van der Waals surface area contributed by atoms with Crippen molar-refractivity contribution in [3.8, 4) is 0 Å². The van der Waals surface area contributed by atoms with Crippen LogP contribution in [-0.4, -0.2) is 28.3 Å². The second-order valence-electron chi connectivity index (χ2n) is 6.19. The summed E-state index contributed by atoms with van der Waals surface area (Å²) in [6, 6.07) is 4.66. The molecule has 0 radical (unpaired) electrons. The maximum absolute atomic E-state index is 7.67. The van der Waals surface area contributed by atoms with Gasteiger partial charge in [-0.1, -0.05) is 32.8 Å². The largest absolute Gasteiger partial charge is 0.382 e. The summed E-state index contributed by atoms with van der Waals surface area (Å²) < 4.78 is 0. The van der Waals surface area contributed by atoms with E-state index in [1.54, 1.807) is 6.20 Å². The van der Waals surface area contributed by atoms with E-state index >= 15 is 0 Å². The number of aromatic nitrogens is 1. The van der Waals surface area contributed by atoms with E-state index in [0.717, 1.165) is 18.7 Å². The van der Waals surface area contributed by atoms with E-state index in [0.29, 0.717) is 17.7 Å². The molecule has 0 amide bonds. The minimum atomic E-state index is 0.0662. The molecule has 3 N–H and O–H groups in total. The van der Waals surface area contributed by atoms with E-state index in [4.69, 9.17) is 11.1 Å². The summed E-state index contributed by atoms with van der Waals surface area (Å²) in [5, 5.41) is 7.67. The predicted octanol–water partition coefficient (Wildman–Crippen LogP) is 2.77. The van der Waals surface area contributed by atoms with E-state index in [-0.39, 0.29) is 5.84 Å². The van der Waals surface area contributed by atoms with Crippen molar-refractivity contribution < 1.29 is 0 Å².